The maximum atomic E-state index is 11.2. The zero-order chi connectivity index (χ0) is 17.1. The fourth-order valence-electron chi connectivity index (χ4n) is 2.05. The fraction of sp³-hybridized carbons (Fsp3) is 0.438. The van der Waals surface area contributed by atoms with E-state index in [1.54, 1.807) is 0 Å². The number of unbranched alkanes of at least 4 members (excludes halogenated alkanes) is 1. The first kappa shape index (κ1) is 18.6. The van der Waals surface area contributed by atoms with Gasteiger partial charge in [-0.15, -0.1) is 0 Å². The molecule has 23 heavy (non-hydrogen) atoms. The van der Waals surface area contributed by atoms with Crippen LogP contribution in [0.4, 0.5) is 0 Å². The summed E-state index contributed by atoms with van der Waals surface area (Å²) in [6.07, 6.45) is 1.11. The van der Waals surface area contributed by atoms with Crippen molar-refractivity contribution in [3.63, 3.8) is 0 Å². The van der Waals surface area contributed by atoms with Crippen molar-refractivity contribution in [3.8, 4) is 0 Å². The number of aliphatic carboxylic acids is 2. The Hall–Kier alpha value is -2.41. The zero-order valence-corrected chi connectivity index (χ0v) is 12.8. The summed E-state index contributed by atoms with van der Waals surface area (Å²) in [6, 6.07) is 8.88. The van der Waals surface area contributed by atoms with Gasteiger partial charge in [-0.25, -0.2) is 0 Å². The van der Waals surface area contributed by atoms with Crippen molar-refractivity contribution in [1.29, 1.82) is 0 Å². The van der Waals surface area contributed by atoms with E-state index < -0.39 is 30.3 Å². The Bertz CT molecular complexity index is 518. The maximum absolute atomic E-state index is 11.2. The monoisotopic (exact) mass is 322 g/mol. The van der Waals surface area contributed by atoms with Gasteiger partial charge in [0, 0.05) is 13.1 Å². The third-order valence-corrected chi connectivity index (χ3v) is 3.25. The van der Waals surface area contributed by atoms with Crippen molar-refractivity contribution in [3.05, 3.63) is 35.9 Å². The van der Waals surface area contributed by atoms with Crippen molar-refractivity contribution in [1.82, 2.24) is 10.6 Å². The van der Waals surface area contributed by atoms with E-state index in [9.17, 15) is 19.5 Å². The second-order valence-corrected chi connectivity index (χ2v) is 5.17. The zero-order valence-electron chi connectivity index (χ0n) is 12.8. The molecule has 126 valence electrons. The minimum atomic E-state index is -1.17. The highest BCUT2D eigenvalue weighted by atomic mass is 16.4. The van der Waals surface area contributed by atoms with E-state index in [2.05, 4.69) is 10.6 Å². The molecule has 0 bridgehead atoms. The van der Waals surface area contributed by atoms with Crippen LogP contribution in [0.2, 0.25) is 0 Å². The number of rotatable bonds is 11. The summed E-state index contributed by atoms with van der Waals surface area (Å²) in [5.74, 6) is -2.61. The number of carbonyl (C=O) groups excluding carboxylic acids is 1. The summed E-state index contributed by atoms with van der Waals surface area (Å²) in [5.41, 5.74) is 1.01. The predicted octanol–water partition coefficient (Wildman–Crippen LogP) is 0.991. The third kappa shape index (κ3) is 8.57. The summed E-state index contributed by atoms with van der Waals surface area (Å²) in [4.78, 5) is 32.7. The first-order valence-corrected chi connectivity index (χ1v) is 7.47. The van der Waals surface area contributed by atoms with Gasteiger partial charge in [-0.1, -0.05) is 30.3 Å². The fourth-order valence-corrected chi connectivity index (χ4v) is 2.05. The Morgan fingerprint density at radius 3 is 2.35 bits per heavy atom. The van der Waals surface area contributed by atoms with Gasteiger partial charge >= 0.3 is 11.9 Å². The summed E-state index contributed by atoms with van der Waals surface area (Å²) < 4.78 is 0. The maximum Gasteiger partial charge on any atom is 0.320 e. The molecule has 0 aromatic heterocycles. The molecule has 1 aromatic carbocycles. The van der Waals surface area contributed by atoms with Crippen LogP contribution in [0.5, 0.6) is 0 Å². The molecule has 1 amide bonds. The SMILES string of the molecule is O=C(O)CC(=O)NCCCCC(NCc1ccccc1)C(=O)O. The molecular weight excluding hydrogens is 300 g/mol. The summed E-state index contributed by atoms with van der Waals surface area (Å²) in [7, 11) is 0. The first-order valence-electron chi connectivity index (χ1n) is 7.47. The molecule has 0 spiro atoms. The molecule has 4 N–H and O–H groups in total. The molecule has 0 radical (unpaired) electrons. The van der Waals surface area contributed by atoms with Gasteiger partial charge in [0.1, 0.15) is 12.5 Å². The van der Waals surface area contributed by atoms with E-state index in [0.717, 1.165) is 5.56 Å². The van der Waals surface area contributed by atoms with Gasteiger partial charge in [-0.05, 0) is 24.8 Å². The van der Waals surface area contributed by atoms with Crippen LogP contribution in [0.25, 0.3) is 0 Å². The quantitative estimate of drug-likeness (QED) is 0.357. The van der Waals surface area contributed by atoms with Gasteiger partial charge in [0.05, 0.1) is 0 Å². The topological polar surface area (TPSA) is 116 Å². The molecule has 0 aliphatic carbocycles. The average molecular weight is 322 g/mol. The number of carboxylic acid groups (broad SMARTS) is 2. The molecule has 1 rings (SSSR count). The van der Waals surface area contributed by atoms with Crippen LogP contribution in [0, 0.1) is 0 Å². The van der Waals surface area contributed by atoms with Crippen molar-refractivity contribution in [2.24, 2.45) is 0 Å². The number of carboxylic acids is 2. The summed E-state index contributed by atoms with van der Waals surface area (Å²) in [6.45, 7) is 0.824. The highest BCUT2D eigenvalue weighted by Crippen LogP contribution is 2.04. The van der Waals surface area contributed by atoms with Crippen LogP contribution in [0.15, 0.2) is 30.3 Å². The van der Waals surface area contributed by atoms with Crippen molar-refractivity contribution in [2.45, 2.75) is 38.3 Å². The lowest BCUT2D eigenvalue weighted by atomic mass is 10.1. The van der Waals surface area contributed by atoms with E-state index in [4.69, 9.17) is 5.11 Å². The molecule has 0 saturated carbocycles. The van der Waals surface area contributed by atoms with Crippen LogP contribution in [-0.2, 0) is 20.9 Å². The van der Waals surface area contributed by atoms with Gasteiger partial charge in [0.25, 0.3) is 0 Å². The van der Waals surface area contributed by atoms with E-state index in [0.29, 0.717) is 32.4 Å². The normalized spacial score (nSPS) is 11.7. The molecule has 1 aromatic rings. The molecule has 7 nitrogen and oxygen atoms in total. The Kier molecular flexibility index (Phi) is 8.38. The smallest absolute Gasteiger partial charge is 0.320 e. The number of hydrogen-bond donors (Lipinski definition) is 4. The summed E-state index contributed by atoms with van der Waals surface area (Å²) in [5, 5.41) is 23.1. The molecule has 0 heterocycles. The number of carbonyl (C=O) groups is 3. The van der Waals surface area contributed by atoms with Crippen LogP contribution in [0.1, 0.15) is 31.2 Å². The van der Waals surface area contributed by atoms with Gasteiger partial charge < -0.3 is 20.8 Å². The number of benzene rings is 1. The van der Waals surface area contributed by atoms with Crippen molar-refractivity contribution < 1.29 is 24.6 Å². The van der Waals surface area contributed by atoms with Gasteiger partial charge in [0.2, 0.25) is 5.91 Å². The molecule has 1 atom stereocenters. The number of hydrogen-bond acceptors (Lipinski definition) is 4. The minimum absolute atomic E-state index is 0.344. The van der Waals surface area contributed by atoms with E-state index in [1.165, 1.54) is 0 Å². The second-order valence-electron chi connectivity index (χ2n) is 5.17. The molecule has 0 aliphatic rings. The highest BCUT2D eigenvalue weighted by Gasteiger charge is 2.16. The third-order valence-electron chi connectivity index (χ3n) is 3.25. The van der Waals surface area contributed by atoms with Crippen LogP contribution in [0.3, 0.4) is 0 Å². The first-order chi connectivity index (χ1) is 11.0. The lowest BCUT2D eigenvalue weighted by Crippen LogP contribution is -2.36. The lowest BCUT2D eigenvalue weighted by molar-refractivity contribution is -0.141. The van der Waals surface area contributed by atoms with Gasteiger partial charge in [-0.2, -0.15) is 0 Å². The van der Waals surface area contributed by atoms with Gasteiger partial charge in [-0.3, -0.25) is 14.4 Å². The minimum Gasteiger partial charge on any atom is -0.481 e. The number of amides is 1. The molecule has 0 saturated heterocycles. The molecular formula is C16H22N2O5. The lowest BCUT2D eigenvalue weighted by Gasteiger charge is -2.14. The van der Waals surface area contributed by atoms with Crippen molar-refractivity contribution in [2.75, 3.05) is 6.54 Å². The van der Waals surface area contributed by atoms with Crippen LogP contribution >= 0.6 is 0 Å². The van der Waals surface area contributed by atoms with E-state index >= 15 is 0 Å². The molecule has 0 aliphatic heterocycles. The molecule has 0 fully saturated rings. The standard InChI is InChI=1S/C16H22N2O5/c19-14(10-15(20)21)17-9-5-4-8-13(16(22)23)18-11-12-6-2-1-3-7-12/h1-3,6-7,13,18H,4-5,8-11H2,(H,17,19)(H,20,21)(H,22,23). The van der Waals surface area contributed by atoms with Gasteiger partial charge in [0.15, 0.2) is 0 Å². The highest BCUT2D eigenvalue weighted by molar-refractivity contribution is 5.93. The molecule has 1 unspecified atom stereocenters. The van der Waals surface area contributed by atoms with Crippen LogP contribution < -0.4 is 10.6 Å². The Balaban J connectivity index is 2.22. The summed E-state index contributed by atoms with van der Waals surface area (Å²) >= 11 is 0. The molecule has 7 heteroatoms. The predicted molar refractivity (Wildman–Crippen MR) is 83.8 cm³/mol. The average Bonchev–Trinajstić information content (AvgIpc) is 2.49. The Labute approximate surface area is 134 Å². The van der Waals surface area contributed by atoms with Crippen LogP contribution in [-0.4, -0.2) is 40.6 Å². The Morgan fingerprint density at radius 2 is 1.74 bits per heavy atom. The second kappa shape index (κ2) is 10.3. The van der Waals surface area contributed by atoms with E-state index in [1.807, 2.05) is 30.3 Å². The Morgan fingerprint density at radius 1 is 1.04 bits per heavy atom. The number of nitrogens with one attached hydrogen (secondary N) is 2. The van der Waals surface area contributed by atoms with E-state index in [-0.39, 0.29) is 0 Å². The van der Waals surface area contributed by atoms with Crippen molar-refractivity contribution >= 4 is 17.8 Å². The largest absolute Gasteiger partial charge is 0.481 e.